The SMILES string of the molecule is O=CN1CC2CN(Cc3cccc(F)c3F)CC2C1. The molecule has 0 saturated carbocycles. The zero-order valence-corrected chi connectivity index (χ0v) is 10.6. The maximum atomic E-state index is 13.6. The van der Waals surface area contributed by atoms with E-state index in [2.05, 4.69) is 4.90 Å². The molecular weight excluding hydrogens is 250 g/mol. The van der Waals surface area contributed by atoms with Gasteiger partial charge in [0.15, 0.2) is 11.6 Å². The number of nitrogens with zero attached hydrogens (tertiary/aromatic N) is 2. The van der Waals surface area contributed by atoms with Gasteiger partial charge in [0.05, 0.1) is 0 Å². The standard InChI is InChI=1S/C14H16F2N2O/c15-13-3-1-2-10(14(13)16)4-17-5-11-7-18(9-19)8-12(11)6-17/h1-3,9,11-12H,4-8H2. The lowest BCUT2D eigenvalue weighted by Crippen LogP contribution is -2.28. The van der Waals surface area contributed by atoms with Crippen LogP contribution in [-0.4, -0.2) is 42.4 Å². The highest BCUT2D eigenvalue weighted by atomic mass is 19.2. The van der Waals surface area contributed by atoms with E-state index in [4.69, 9.17) is 0 Å². The molecule has 2 unspecified atom stereocenters. The maximum absolute atomic E-state index is 13.6. The van der Waals surface area contributed by atoms with Crippen LogP contribution in [0.5, 0.6) is 0 Å². The number of rotatable bonds is 3. The lowest BCUT2D eigenvalue weighted by molar-refractivity contribution is -0.117. The number of benzene rings is 1. The molecule has 0 bridgehead atoms. The number of amides is 1. The van der Waals surface area contributed by atoms with Crippen LogP contribution >= 0.6 is 0 Å². The molecule has 0 aromatic heterocycles. The lowest BCUT2D eigenvalue weighted by atomic mass is 10.0. The van der Waals surface area contributed by atoms with E-state index in [-0.39, 0.29) is 0 Å². The molecule has 0 N–H and O–H groups in total. The largest absolute Gasteiger partial charge is 0.345 e. The molecule has 2 saturated heterocycles. The predicted octanol–water partition coefficient (Wildman–Crippen LogP) is 1.48. The van der Waals surface area contributed by atoms with Crippen molar-refractivity contribution in [2.75, 3.05) is 26.2 Å². The highest BCUT2D eigenvalue weighted by Gasteiger charge is 2.39. The van der Waals surface area contributed by atoms with Gasteiger partial charge in [-0.3, -0.25) is 9.69 Å². The summed E-state index contributed by atoms with van der Waals surface area (Å²) < 4.78 is 26.7. The van der Waals surface area contributed by atoms with Crippen LogP contribution < -0.4 is 0 Å². The number of likely N-dealkylation sites (tertiary alicyclic amines) is 2. The average molecular weight is 266 g/mol. The van der Waals surface area contributed by atoms with Crippen molar-refractivity contribution in [1.29, 1.82) is 0 Å². The number of halogens is 2. The van der Waals surface area contributed by atoms with Crippen molar-refractivity contribution in [3.05, 3.63) is 35.4 Å². The van der Waals surface area contributed by atoms with Crippen molar-refractivity contribution in [3.8, 4) is 0 Å². The van der Waals surface area contributed by atoms with Gasteiger partial charge in [-0.05, 0) is 17.9 Å². The summed E-state index contributed by atoms with van der Waals surface area (Å²) >= 11 is 0. The van der Waals surface area contributed by atoms with E-state index in [0.717, 1.165) is 38.7 Å². The Bertz CT molecular complexity index is 480. The molecule has 0 spiro atoms. The zero-order chi connectivity index (χ0) is 13.4. The molecule has 3 rings (SSSR count). The molecular formula is C14H16F2N2O. The van der Waals surface area contributed by atoms with Gasteiger partial charge >= 0.3 is 0 Å². The quantitative estimate of drug-likeness (QED) is 0.774. The van der Waals surface area contributed by atoms with Crippen molar-refractivity contribution in [1.82, 2.24) is 9.80 Å². The molecule has 2 aliphatic heterocycles. The smallest absolute Gasteiger partial charge is 0.209 e. The fraction of sp³-hybridized carbons (Fsp3) is 0.500. The summed E-state index contributed by atoms with van der Waals surface area (Å²) in [4.78, 5) is 14.7. The second kappa shape index (κ2) is 4.89. The monoisotopic (exact) mass is 266 g/mol. The molecule has 2 aliphatic rings. The first-order chi connectivity index (χ1) is 9.17. The van der Waals surface area contributed by atoms with Gasteiger partial charge < -0.3 is 4.90 Å². The number of hydrogen-bond acceptors (Lipinski definition) is 2. The summed E-state index contributed by atoms with van der Waals surface area (Å²) in [6.45, 7) is 3.72. The molecule has 2 heterocycles. The third-order valence-corrected chi connectivity index (χ3v) is 4.16. The Kier molecular flexibility index (Phi) is 3.22. The van der Waals surface area contributed by atoms with Crippen LogP contribution in [0.25, 0.3) is 0 Å². The van der Waals surface area contributed by atoms with Crippen LogP contribution in [0.1, 0.15) is 5.56 Å². The molecule has 3 nitrogen and oxygen atoms in total. The summed E-state index contributed by atoms with van der Waals surface area (Å²) in [5.74, 6) is -0.582. The number of carbonyl (C=O) groups excluding carboxylic acids is 1. The summed E-state index contributed by atoms with van der Waals surface area (Å²) in [6, 6.07) is 4.31. The minimum absolute atomic E-state index is 0.409. The van der Waals surface area contributed by atoms with Gasteiger partial charge in [-0.25, -0.2) is 8.78 Å². The Hall–Kier alpha value is -1.49. The summed E-state index contributed by atoms with van der Waals surface area (Å²) in [7, 11) is 0. The maximum Gasteiger partial charge on any atom is 0.209 e. The second-order valence-corrected chi connectivity index (χ2v) is 5.49. The van der Waals surface area contributed by atoms with E-state index in [0.29, 0.717) is 23.9 Å². The van der Waals surface area contributed by atoms with Crippen LogP contribution in [0.15, 0.2) is 18.2 Å². The molecule has 1 aromatic rings. The molecule has 1 aromatic carbocycles. The van der Waals surface area contributed by atoms with E-state index >= 15 is 0 Å². The zero-order valence-electron chi connectivity index (χ0n) is 10.6. The lowest BCUT2D eigenvalue weighted by Gasteiger charge is -2.19. The van der Waals surface area contributed by atoms with Gasteiger partial charge in [-0.1, -0.05) is 12.1 Å². The van der Waals surface area contributed by atoms with E-state index < -0.39 is 11.6 Å². The van der Waals surface area contributed by atoms with Gasteiger partial charge in [-0.15, -0.1) is 0 Å². The number of hydrogen-bond donors (Lipinski definition) is 0. The van der Waals surface area contributed by atoms with Gasteiger partial charge in [-0.2, -0.15) is 0 Å². The van der Waals surface area contributed by atoms with Crippen LogP contribution in [-0.2, 0) is 11.3 Å². The van der Waals surface area contributed by atoms with Crippen molar-refractivity contribution >= 4 is 6.41 Å². The summed E-state index contributed by atoms with van der Waals surface area (Å²) in [6.07, 6.45) is 0.898. The van der Waals surface area contributed by atoms with E-state index in [1.807, 2.05) is 0 Å². The Balaban J connectivity index is 1.64. The third kappa shape index (κ3) is 2.34. The molecule has 5 heteroatoms. The van der Waals surface area contributed by atoms with Gasteiger partial charge in [0.25, 0.3) is 0 Å². The van der Waals surface area contributed by atoms with E-state index in [1.54, 1.807) is 17.0 Å². The van der Waals surface area contributed by atoms with Crippen LogP contribution in [0, 0.1) is 23.5 Å². The Labute approximate surface area is 110 Å². The topological polar surface area (TPSA) is 23.6 Å². The molecule has 102 valence electrons. The fourth-order valence-electron chi connectivity index (χ4n) is 3.25. The van der Waals surface area contributed by atoms with Crippen molar-refractivity contribution in [2.24, 2.45) is 11.8 Å². The Morgan fingerprint density at radius 3 is 2.47 bits per heavy atom. The molecule has 2 atom stereocenters. The van der Waals surface area contributed by atoms with Crippen molar-refractivity contribution in [3.63, 3.8) is 0 Å². The van der Waals surface area contributed by atoms with Gasteiger partial charge in [0, 0.05) is 38.3 Å². The minimum Gasteiger partial charge on any atom is -0.345 e. The Morgan fingerprint density at radius 2 is 1.84 bits per heavy atom. The molecule has 0 aliphatic carbocycles. The van der Waals surface area contributed by atoms with Crippen LogP contribution in [0.2, 0.25) is 0 Å². The highest BCUT2D eigenvalue weighted by molar-refractivity contribution is 5.47. The average Bonchev–Trinajstić information content (AvgIpc) is 2.92. The first-order valence-electron chi connectivity index (χ1n) is 6.52. The van der Waals surface area contributed by atoms with Crippen molar-refractivity contribution in [2.45, 2.75) is 6.54 Å². The second-order valence-electron chi connectivity index (χ2n) is 5.49. The van der Waals surface area contributed by atoms with Crippen LogP contribution in [0.3, 0.4) is 0 Å². The summed E-state index contributed by atoms with van der Waals surface area (Å²) in [5, 5.41) is 0. The normalized spacial score (nSPS) is 26.7. The Morgan fingerprint density at radius 1 is 1.16 bits per heavy atom. The van der Waals surface area contributed by atoms with Crippen LogP contribution in [0.4, 0.5) is 8.78 Å². The minimum atomic E-state index is -0.788. The number of carbonyl (C=O) groups is 1. The highest BCUT2D eigenvalue weighted by Crippen LogP contribution is 2.31. The molecule has 1 amide bonds. The first-order valence-corrected chi connectivity index (χ1v) is 6.52. The molecule has 0 radical (unpaired) electrons. The van der Waals surface area contributed by atoms with E-state index in [1.165, 1.54) is 0 Å². The van der Waals surface area contributed by atoms with Crippen molar-refractivity contribution < 1.29 is 13.6 Å². The summed E-state index contributed by atoms with van der Waals surface area (Å²) in [5.41, 5.74) is 0.409. The third-order valence-electron chi connectivity index (χ3n) is 4.16. The number of fused-ring (bicyclic) bond motifs is 1. The molecule has 2 fully saturated rings. The van der Waals surface area contributed by atoms with Gasteiger partial charge in [0.2, 0.25) is 6.41 Å². The fourth-order valence-corrected chi connectivity index (χ4v) is 3.25. The predicted molar refractivity (Wildman–Crippen MR) is 66.3 cm³/mol. The molecule has 19 heavy (non-hydrogen) atoms. The van der Waals surface area contributed by atoms with Gasteiger partial charge in [0.1, 0.15) is 0 Å². The van der Waals surface area contributed by atoms with E-state index in [9.17, 15) is 13.6 Å². The first kappa shape index (κ1) is 12.5.